The van der Waals surface area contributed by atoms with Crippen LogP contribution >= 0.6 is 11.9 Å². The Morgan fingerprint density at radius 3 is 2.64 bits per heavy atom. The highest BCUT2D eigenvalue weighted by Gasteiger charge is 2.34. The molecule has 1 aromatic rings. The van der Waals surface area contributed by atoms with Gasteiger partial charge in [-0.3, -0.25) is 4.98 Å². The molecule has 2 aliphatic carbocycles. The molecule has 2 nitrogen and oxygen atoms in total. The summed E-state index contributed by atoms with van der Waals surface area (Å²) in [6, 6.07) is 2.12. The lowest BCUT2D eigenvalue weighted by Crippen LogP contribution is -2.23. The van der Waals surface area contributed by atoms with E-state index in [9.17, 15) is 8.78 Å². The molecule has 0 aromatic carbocycles. The molecular formula is C17H22F2N2S. The predicted octanol–water partition coefficient (Wildman–Crippen LogP) is 5.49. The predicted molar refractivity (Wildman–Crippen MR) is 89.3 cm³/mol. The van der Waals surface area contributed by atoms with Gasteiger partial charge in [-0.25, -0.2) is 8.78 Å². The standard InChI is InChI=1S/C17H22F2N2S/c1-22-21-15-10-14(16(20-11-15)13-4-5-13)3-2-12-6-8-17(18,19)9-7-12/h2-3,10-13,21H,4-9H2,1H3/b3-2+. The molecule has 2 aliphatic rings. The highest BCUT2D eigenvalue weighted by Crippen LogP contribution is 2.42. The van der Waals surface area contributed by atoms with E-state index >= 15 is 0 Å². The first-order valence-corrected chi connectivity index (χ1v) is 9.15. The monoisotopic (exact) mass is 324 g/mol. The Balaban J connectivity index is 1.72. The van der Waals surface area contributed by atoms with Gasteiger partial charge in [0.1, 0.15) is 0 Å². The van der Waals surface area contributed by atoms with Crippen LogP contribution in [0.25, 0.3) is 6.08 Å². The van der Waals surface area contributed by atoms with Crippen LogP contribution in [0, 0.1) is 5.92 Å². The maximum Gasteiger partial charge on any atom is 0.248 e. The summed E-state index contributed by atoms with van der Waals surface area (Å²) in [7, 11) is 0. The zero-order chi connectivity index (χ0) is 15.6. The van der Waals surface area contributed by atoms with Gasteiger partial charge >= 0.3 is 0 Å². The summed E-state index contributed by atoms with van der Waals surface area (Å²) in [4.78, 5) is 4.60. The van der Waals surface area contributed by atoms with E-state index in [0.717, 1.165) is 16.9 Å². The van der Waals surface area contributed by atoms with Gasteiger partial charge in [0.15, 0.2) is 0 Å². The summed E-state index contributed by atoms with van der Waals surface area (Å²) < 4.78 is 29.6. The van der Waals surface area contributed by atoms with Crippen LogP contribution in [0.2, 0.25) is 0 Å². The fraction of sp³-hybridized carbons (Fsp3) is 0.588. The summed E-state index contributed by atoms with van der Waals surface area (Å²) in [5.74, 6) is -1.60. The van der Waals surface area contributed by atoms with Crippen molar-refractivity contribution < 1.29 is 8.78 Å². The van der Waals surface area contributed by atoms with Crippen LogP contribution in [0.5, 0.6) is 0 Å². The first kappa shape index (κ1) is 15.8. The number of hydrogen-bond donors (Lipinski definition) is 1. The second kappa shape index (κ2) is 6.57. The lowest BCUT2D eigenvalue weighted by molar-refractivity contribution is -0.0410. The van der Waals surface area contributed by atoms with E-state index in [1.165, 1.54) is 12.8 Å². The van der Waals surface area contributed by atoms with Crippen LogP contribution in [0.1, 0.15) is 55.7 Å². The average molecular weight is 324 g/mol. The van der Waals surface area contributed by atoms with Gasteiger partial charge < -0.3 is 4.72 Å². The van der Waals surface area contributed by atoms with Crippen molar-refractivity contribution in [3.8, 4) is 0 Å². The number of hydrogen-bond acceptors (Lipinski definition) is 3. The van der Waals surface area contributed by atoms with Crippen molar-refractivity contribution in [2.24, 2.45) is 5.92 Å². The van der Waals surface area contributed by atoms with Crippen LogP contribution in [0.4, 0.5) is 14.5 Å². The third-order valence-corrected chi connectivity index (χ3v) is 4.88. The lowest BCUT2D eigenvalue weighted by Gasteiger charge is -2.26. The molecule has 0 radical (unpaired) electrons. The zero-order valence-electron chi connectivity index (χ0n) is 12.8. The normalized spacial score (nSPS) is 22.1. The molecule has 0 bridgehead atoms. The molecule has 0 saturated heterocycles. The van der Waals surface area contributed by atoms with Crippen molar-refractivity contribution in [1.29, 1.82) is 0 Å². The van der Waals surface area contributed by atoms with Gasteiger partial charge in [0.2, 0.25) is 5.92 Å². The highest BCUT2D eigenvalue weighted by molar-refractivity contribution is 7.99. The molecule has 120 valence electrons. The second-order valence-electron chi connectivity index (χ2n) is 6.33. The summed E-state index contributed by atoms with van der Waals surface area (Å²) in [6.07, 6.45) is 11.7. The number of rotatable bonds is 5. The van der Waals surface area contributed by atoms with E-state index in [1.807, 2.05) is 12.5 Å². The minimum atomic E-state index is -2.45. The molecule has 0 aliphatic heterocycles. The maximum atomic E-state index is 13.2. The first-order valence-electron chi connectivity index (χ1n) is 7.92. The molecule has 0 spiro atoms. The molecule has 1 aromatic heterocycles. The van der Waals surface area contributed by atoms with Crippen LogP contribution in [-0.4, -0.2) is 17.2 Å². The van der Waals surface area contributed by atoms with E-state index in [1.54, 1.807) is 11.9 Å². The molecule has 2 saturated carbocycles. The van der Waals surface area contributed by atoms with E-state index in [0.29, 0.717) is 18.8 Å². The minimum Gasteiger partial charge on any atom is -0.329 e. The number of nitrogens with one attached hydrogen (secondary N) is 1. The number of nitrogens with zero attached hydrogens (tertiary/aromatic N) is 1. The van der Waals surface area contributed by atoms with Crippen molar-refractivity contribution >= 4 is 23.7 Å². The molecule has 22 heavy (non-hydrogen) atoms. The Morgan fingerprint density at radius 1 is 1.27 bits per heavy atom. The first-order chi connectivity index (χ1) is 10.6. The van der Waals surface area contributed by atoms with Gasteiger partial charge in [0.05, 0.1) is 17.6 Å². The molecule has 3 rings (SSSR count). The number of anilines is 1. The Kier molecular flexibility index (Phi) is 4.71. The number of alkyl halides is 2. The Morgan fingerprint density at radius 2 is 2.00 bits per heavy atom. The van der Waals surface area contributed by atoms with Crippen LogP contribution in [-0.2, 0) is 0 Å². The summed E-state index contributed by atoms with van der Waals surface area (Å²) >= 11 is 1.54. The van der Waals surface area contributed by atoms with Crippen LogP contribution in [0.15, 0.2) is 18.3 Å². The third-order valence-electron chi connectivity index (χ3n) is 4.44. The zero-order valence-corrected chi connectivity index (χ0v) is 13.6. The smallest absolute Gasteiger partial charge is 0.248 e. The summed E-state index contributed by atoms with van der Waals surface area (Å²) in [5, 5.41) is 0. The highest BCUT2D eigenvalue weighted by atomic mass is 32.2. The van der Waals surface area contributed by atoms with Crippen molar-refractivity contribution in [2.75, 3.05) is 11.0 Å². The molecule has 1 N–H and O–H groups in total. The summed E-state index contributed by atoms with van der Waals surface area (Å²) in [5.41, 5.74) is 3.29. The Labute approximate surface area is 134 Å². The quantitative estimate of drug-likeness (QED) is 0.725. The van der Waals surface area contributed by atoms with Gasteiger partial charge in [-0.1, -0.05) is 24.1 Å². The lowest BCUT2D eigenvalue weighted by atomic mass is 9.86. The van der Waals surface area contributed by atoms with Crippen molar-refractivity contribution in [2.45, 2.75) is 50.4 Å². The summed E-state index contributed by atoms with van der Waals surface area (Å²) in [6.45, 7) is 0. The fourth-order valence-corrected chi connectivity index (χ4v) is 3.34. The van der Waals surface area contributed by atoms with Crippen molar-refractivity contribution in [3.05, 3.63) is 29.6 Å². The number of pyridine rings is 1. The van der Waals surface area contributed by atoms with E-state index < -0.39 is 5.92 Å². The van der Waals surface area contributed by atoms with Gasteiger partial charge in [-0.05, 0) is 43.2 Å². The van der Waals surface area contributed by atoms with E-state index in [4.69, 9.17) is 0 Å². The SMILES string of the molecule is CSNc1cnc(C2CC2)c(/C=C/C2CCC(F)(F)CC2)c1. The van der Waals surface area contributed by atoms with Crippen molar-refractivity contribution in [1.82, 2.24) is 4.98 Å². The van der Waals surface area contributed by atoms with Crippen LogP contribution < -0.4 is 4.72 Å². The molecule has 0 atom stereocenters. The van der Waals surface area contributed by atoms with Gasteiger partial charge in [-0.2, -0.15) is 0 Å². The Hall–Kier alpha value is -1.10. The molecule has 2 fully saturated rings. The molecular weight excluding hydrogens is 302 g/mol. The largest absolute Gasteiger partial charge is 0.329 e. The van der Waals surface area contributed by atoms with Gasteiger partial charge in [0.25, 0.3) is 0 Å². The fourth-order valence-electron chi connectivity index (χ4n) is 2.99. The number of halogens is 2. The van der Waals surface area contributed by atoms with E-state index in [-0.39, 0.29) is 18.8 Å². The third kappa shape index (κ3) is 4.00. The van der Waals surface area contributed by atoms with Crippen molar-refractivity contribution in [3.63, 3.8) is 0 Å². The average Bonchev–Trinajstić information content (AvgIpc) is 3.31. The molecule has 5 heteroatoms. The molecule has 0 unspecified atom stereocenters. The maximum absolute atomic E-state index is 13.2. The van der Waals surface area contributed by atoms with Gasteiger partial charge in [0, 0.05) is 25.0 Å². The minimum absolute atomic E-state index is 0.0177. The topological polar surface area (TPSA) is 24.9 Å². The second-order valence-corrected chi connectivity index (χ2v) is 6.94. The molecule has 0 amide bonds. The molecule has 1 heterocycles. The van der Waals surface area contributed by atoms with Gasteiger partial charge in [-0.15, -0.1) is 0 Å². The number of allylic oxidation sites excluding steroid dienone is 1. The Bertz CT molecular complexity index is 546. The number of aromatic nitrogens is 1. The van der Waals surface area contributed by atoms with Crippen LogP contribution in [0.3, 0.4) is 0 Å². The van der Waals surface area contributed by atoms with E-state index in [2.05, 4.69) is 27.9 Å².